The van der Waals surface area contributed by atoms with Gasteiger partial charge in [0.2, 0.25) is 0 Å². The van der Waals surface area contributed by atoms with Gasteiger partial charge in [0.15, 0.2) is 5.69 Å². The van der Waals surface area contributed by atoms with E-state index >= 15 is 0 Å². The summed E-state index contributed by atoms with van der Waals surface area (Å²) in [5.41, 5.74) is 2.77. The summed E-state index contributed by atoms with van der Waals surface area (Å²) in [5, 5.41) is 26.0. The van der Waals surface area contributed by atoms with E-state index in [0.29, 0.717) is 11.4 Å². The molecule has 0 aliphatic rings. The maximum Gasteiger partial charge on any atom is 0.274 e. The van der Waals surface area contributed by atoms with Gasteiger partial charge in [-0.25, -0.2) is 9.36 Å². The Kier molecular flexibility index (Phi) is 5.04. The van der Waals surface area contributed by atoms with Gasteiger partial charge < -0.3 is 5.32 Å². The molecule has 0 spiro atoms. The third-order valence-electron chi connectivity index (χ3n) is 4.50. The number of carbonyl (C=O) groups excluding carboxylic acids is 1. The van der Waals surface area contributed by atoms with E-state index in [1.165, 1.54) is 16.8 Å². The Labute approximate surface area is 170 Å². The fourth-order valence-corrected chi connectivity index (χ4v) is 2.96. The van der Waals surface area contributed by atoms with Crippen LogP contribution in [0.1, 0.15) is 21.7 Å². The van der Waals surface area contributed by atoms with Gasteiger partial charge in [-0.05, 0) is 25.1 Å². The number of amides is 1. The molecule has 2 heterocycles. The van der Waals surface area contributed by atoms with Crippen molar-refractivity contribution in [1.29, 1.82) is 0 Å². The minimum absolute atomic E-state index is 0.0659. The smallest absolute Gasteiger partial charge is 0.274 e. The molecule has 150 valence electrons. The number of nitro benzene ring substituents is 1. The number of carbonyl (C=O) groups is 1. The number of non-ortho nitro benzene ring substituents is 1. The molecular weight excluding hydrogens is 386 g/mol. The Bertz CT molecular complexity index is 1210. The molecule has 0 saturated heterocycles. The summed E-state index contributed by atoms with van der Waals surface area (Å²) in [6, 6.07) is 15.6. The number of rotatable bonds is 6. The molecule has 1 amide bonds. The lowest BCUT2D eigenvalue weighted by Crippen LogP contribution is -2.24. The zero-order chi connectivity index (χ0) is 21.1. The van der Waals surface area contributed by atoms with Crippen molar-refractivity contribution in [2.24, 2.45) is 0 Å². The van der Waals surface area contributed by atoms with Gasteiger partial charge in [-0.2, -0.15) is 5.10 Å². The highest BCUT2D eigenvalue weighted by molar-refractivity contribution is 5.93. The number of nitrogens with one attached hydrogen (secondary N) is 1. The zero-order valence-electron chi connectivity index (χ0n) is 16.0. The molecule has 30 heavy (non-hydrogen) atoms. The Morgan fingerprint density at radius 3 is 2.67 bits per heavy atom. The van der Waals surface area contributed by atoms with Gasteiger partial charge in [0, 0.05) is 30.4 Å². The van der Waals surface area contributed by atoms with Crippen molar-refractivity contribution in [2.75, 3.05) is 0 Å². The first-order chi connectivity index (χ1) is 14.5. The van der Waals surface area contributed by atoms with Gasteiger partial charge >= 0.3 is 0 Å². The molecule has 2 aromatic heterocycles. The molecule has 0 atom stereocenters. The lowest BCUT2D eigenvalue weighted by molar-refractivity contribution is -0.384. The molecule has 0 aliphatic heterocycles. The summed E-state index contributed by atoms with van der Waals surface area (Å²) < 4.78 is 3.13. The third-order valence-corrected chi connectivity index (χ3v) is 4.50. The topological polar surface area (TPSA) is 121 Å². The summed E-state index contributed by atoms with van der Waals surface area (Å²) in [7, 11) is 0. The summed E-state index contributed by atoms with van der Waals surface area (Å²) in [6.07, 6.45) is 3.52. The van der Waals surface area contributed by atoms with E-state index in [9.17, 15) is 14.9 Å². The molecule has 1 N–H and O–H groups in total. The van der Waals surface area contributed by atoms with E-state index in [1.807, 2.05) is 36.5 Å². The minimum atomic E-state index is -0.487. The van der Waals surface area contributed by atoms with Gasteiger partial charge in [-0.3, -0.25) is 14.9 Å². The first kappa shape index (κ1) is 19.0. The molecule has 0 aliphatic carbocycles. The van der Waals surface area contributed by atoms with Gasteiger partial charge in [0.05, 0.1) is 28.2 Å². The molecule has 0 unspecified atom stereocenters. The maximum absolute atomic E-state index is 12.6. The van der Waals surface area contributed by atoms with Crippen molar-refractivity contribution < 1.29 is 9.72 Å². The van der Waals surface area contributed by atoms with Crippen molar-refractivity contribution >= 4 is 11.6 Å². The van der Waals surface area contributed by atoms with Crippen LogP contribution < -0.4 is 5.32 Å². The molecule has 2 aromatic carbocycles. The predicted molar refractivity (Wildman–Crippen MR) is 107 cm³/mol. The molecule has 0 radical (unpaired) electrons. The van der Waals surface area contributed by atoms with Gasteiger partial charge in [0.25, 0.3) is 11.6 Å². The number of nitro groups is 1. The van der Waals surface area contributed by atoms with Crippen LogP contribution in [0.25, 0.3) is 11.4 Å². The van der Waals surface area contributed by atoms with E-state index < -0.39 is 10.8 Å². The maximum atomic E-state index is 12.6. The Morgan fingerprint density at radius 2 is 1.90 bits per heavy atom. The highest BCUT2D eigenvalue weighted by Crippen LogP contribution is 2.18. The lowest BCUT2D eigenvalue weighted by atomic mass is 10.2. The van der Waals surface area contributed by atoms with Crippen LogP contribution in [0, 0.1) is 17.0 Å². The zero-order valence-corrected chi connectivity index (χ0v) is 16.0. The van der Waals surface area contributed by atoms with E-state index in [4.69, 9.17) is 0 Å². The van der Waals surface area contributed by atoms with Crippen molar-refractivity contribution in [2.45, 2.75) is 13.5 Å². The number of hydrogen-bond acceptors (Lipinski definition) is 6. The van der Waals surface area contributed by atoms with Crippen LogP contribution in [0.4, 0.5) is 5.69 Å². The number of para-hydroxylation sites is 1. The molecule has 0 bridgehead atoms. The fourth-order valence-electron chi connectivity index (χ4n) is 2.96. The highest BCUT2D eigenvalue weighted by Gasteiger charge is 2.18. The Balaban J connectivity index is 1.47. The van der Waals surface area contributed by atoms with Crippen LogP contribution in [0.2, 0.25) is 0 Å². The van der Waals surface area contributed by atoms with Crippen LogP contribution in [0.3, 0.4) is 0 Å². The Hall–Kier alpha value is -4.34. The molecule has 10 nitrogen and oxygen atoms in total. The summed E-state index contributed by atoms with van der Waals surface area (Å²) in [4.78, 5) is 23.1. The molecule has 0 saturated carbocycles. The second-order valence-corrected chi connectivity index (χ2v) is 6.52. The van der Waals surface area contributed by atoms with Gasteiger partial charge in [0.1, 0.15) is 0 Å². The molecule has 10 heteroatoms. The van der Waals surface area contributed by atoms with Crippen molar-refractivity contribution in [3.05, 3.63) is 94.1 Å². The second-order valence-electron chi connectivity index (χ2n) is 6.52. The average molecular weight is 403 g/mol. The monoisotopic (exact) mass is 403 g/mol. The lowest BCUT2D eigenvalue weighted by Gasteiger charge is -2.04. The molecule has 4 rings (SSSR count). The number of hydrogen-bond donors (Lipinski definition) is 1. The Morgan fingerprint density at radius 1 is 1.13 bits per heavy atom. The standard InChI is InChI=1S/C20H17N7O3/c1-14-19(23-24-26(14)17-8-5-9-18(10-17)27(29)30)20(28)21-11-15-12-22-25(13-15)16-6-3-2-4-7-16/h2-10,12-13H,11H2,1H3,(H,21,28). The molecular formula is C20H17N7O3. The first-order valence-corrected chi connectivity index (χ1v) is 9.07. The van der Waals surface area contributed by atoms with Crippen molar-refractivity contribution in [1.82, 2.24) is 30.1 Å². The number of benzene rings is 2. The van der Waals surface area contributed by atoms with Gasteiger partial charge in [-0.1, -0.05) is 29.5 Å². The summed E-state index contributed by atoms with van der Waals surface area (Å²) >= 11 is 0. The first-order valence-electron chi connectivity index (χ1n) is 9.07. The quantitative estimate of drug-likeness (QED) is 0.390. The third kappa shape index (κ3) is 3.78. The van der Waals surface area contributed by atoms with Crippen LogP contribution in [-0.4, -0.2) is 35.6 Å². The van der Waals surface area contributed by atoms with Crippen LogP contribution in [0.5, 0.6) is 0 Å². The minimum Gasteiger partial charge on any atom is -0.346 e. The fraction of sp³-hybridized carbons (Fsp3) is 0.100. The van der Waals surface area contributed by atoms with Crippen LogP contribution >= 0.6 is 0 Å². The van der Waals surface area contributed by atoms with E-state index in [-0.39, 0.29) is 17.9 Å². The average Bonchev–Trinajstić information content (AvgIpc) is 3.39. The second kappa shape index (κ2) is 7.95. The van der Waals surface area contributed by atoms with E-state index in [2.05, 4.69) is 20.7 Å². The number of nitrogens with zero attached hydrogens (tertiary/aromatic N) is 6. The SMILES string of the molecule is Cc1c(C(=O)NCc2cnn(-c3ccccc3)c2)nnn1-c1cccc([N+](=O)[O-])c1. The van der Waals surface area contributed by atoms with Gasteiger partial charge in [-0.15, -0.1) is 5.10 Å². The predicted octanol–water partition coefficient (Wildman–Crippen LogP) is 2.60. The summed E-state index contributed by atoms with van der Waals surface area (Å²) in [6.45, 7) is 1.95. The van der Waals surface area contributed by atoms with E-state index in [0.717, 1.165) is 11.3 Å². The molecule has 4 aromatic rings. The van der Waals surface area contributed by atoms with Crippen molar-refractivity contribution in [3.63, 3.8) is 0 Å². The summed E-state index contributed by atoms with van der Waals surface area (Å²) in [5.74, 6) is -0.392. The largest absolute Gasteiger partial charge is 0.346 e. The van der Waals surface area contributed by atoms with Crippen LogP contribution in [0.15, 0.2) is 67.0 Å². The molecule has 0 fully saturated rings. The highest BCUT2D eigenvalue weighted by atomic mass is 16.6. The normalized spacial score (nSPS) is 10.7. The van der Waals surface area contributed by atoms with Crippen molar-refractivity contribution in [3.8, 4) is 11.4 Å². The number of aromatic nitrogens is 5. The van der Waals surface area contributed by atoms with Crippen LogP contribution in [-0.2, 0) is 6.54 Å². The van der Waals surface area contributed by atoms with E-state index in [1.54, 1.807) is 29.9 Å².